The average molecular weight is 357 g/mol. The molecule has 2 aromatic carbocycles. The van der Waals surface area contributed by atoms with Crippen molar-refractivity contribution in [3.05, 3.63) is 75.3 Å². The predicted octanol–water partition coefficient (Wildman–Crippen LogP) is 3.91. The molecule has 0 atom stereocenters. The summed E-state index contributed by atoms with van der Waals surface area (Å²) < 4.78 is 10.3. The van der Waals surface area contributed by atoms with Crippen LogP contribution in [0.25, 0.3) is 0 Å². The van der Waals surface area contributed by atoms with Crippen LogP contribution in [0.15, 0.2) is 48.5 Å². The van der Waals surface area contributed by atoms with Crippen molar-refractivity contribution in [1.29, 1.82) is 0 Å². The normalized spacial score (nSPS) is 10.2. The maximum Gasteiger partial charge on any atom is 0.339 e. The number of ether oxygens (including phenoxy) is 2. The number of carbonyl (C=O) groups is 2. The minimum Gasteiger partial charge on any atom is -0.462 e. The molecule has 0 amide bonds. The molecular weight excluding hydrogens is 338 g/mol. The molecule has 0 radical (unpaired) electrons. The van der Waals surface area contributed by atoms with Gasteiger partial charge < -0.3 is 9.47 Å². The van der Waals surface area contributed by atoms with E-state index in [-0.39, 0.29) is 30.0 Å². The number of benzene rings is 2. The van der Waals surface area contributed by atoms with Gasteiger partial charge in [-0.25, -0.2) is 9.59 Å². The van der Waals surface area contributed by atoms with E-state index in [2.05, 4.69) is 0 Å². The van der Waals surface area contributed by atoms with E-state index >= 15 is 0 Å². The monoisotopic (exact) mass is 357 g/mol. The van der Waals surface area contributed by atoms with Crippen molar-refractivity contribution >= 4 is 17.6 Å². The molecule has 0 spiro atoms. The van der Waals surface area contributed by atoms with Crippen molar-refractivity contribution in [2.24, 2.45) is 0 Å². The van der Waals surface area contributed by atoms with Gasteiger partial charge in [0.2, 0.25) is 0 Å². The van der Waals surface area contributed by atoms with E-state index < -0.39 is 16.9 Å². The first-order chi connectivity index (χ1) is 12.5. The highest BCUT2D eigenvalue weighted by molar-refractivity contribution is 6.03. The molecule has 0 aliphatic rings. The third-order valence-corrected chi connectivity index (χ3v) is 3.60. The standard InChI is InChI=1S/C19H19NO6/c1-2-3-11-25-19(22)17-12-15(20(23)24)9-10-16(17)18(21)26-13-14-7-5-4-6-8-14/h4-10,12H,2-3,11,13H2,1H3. The van der Waals surface area contributed by atoms with E-state index in [0.29, 0.717) is 6.42 Å². The Morgan fingerprint density at radius 1 is 1.00 bits per heavy atom. The van der Waals surface area contributed by atoms with Gasteiger partial charge in [-0.3, -0.25) is 10.1 Å². The first-order valence-electron chi connectivity index (χ1n) is 8.19. The highest BCUT2D eigenvalue weighted by Crippen LogP contribution is 2.20. The first kappa shape index (κ1) is 19.1. The Balaban J connectivity index is 2.20. The summed E-state index contributed by atoms with van der Waals surface area (Å²) in [7, 11) is 0. The molecule has 0 saturated carbocycles. The van der Waals surface area contributed by atoms with Crippen molar-refractivity contribution in [3.8, 4) is 0 Å². The second kappa shape index (κ2) is 9.31. The number of hydrogen-bond donors (Lipinski definition) is 0. The van der Waals surface area contributed by atoms with Gasteiger partial charge >= 0.3 is 11.9 Å². The fourth-order valence-electron chi connectivity index (χ4n) is 2.18. The van der Waals surface area contributed by atoms with Crippen LogP contribution >= 0.6 is 0 Å². The van der Waals surface area contributed by atoms with Crippen molar-refractivity contribution < 1.29 is 24.0 Å². The summed E-state index contributed by atoms with van der Waals surface area (Å²) in [4.78, 5) is 34.9. The highest BCUT2D eigenvalue weighted by Gasteiger charge is 2.23. The Labute approximate surface area is 150 Å². The Bertz CT molecular complexity index is 788. The third kappa shape index (κ3) is 5.14. The SMILES string of the molecule is CCCCOC(=O)c1cc([N+](=O)[O-])ccc1C(=O)OCc1ccccc1. The van der Waals surface area contributed by atoms with Gasteiger partial charge in [0.25, 0.3) is 5.69 Å². The second-order valence-corrected chi connectivity index (χ2v) is 5.54. The lowest BCUT2D eigenvalue weighted by molar-refractivity contribution is -0.384. The number of carbonyl (C=O) groups excluding carboxylic acids is 2. The third-order valence-electron chi connectivity index (χ3n) is 3.60. The molecule has 0 bridgehead atoms. The zero-order valence-corrected chi connectivity index (χ0v) is 14.3. The van der Waals surface area contributed by atoms with Crippen LogP contribution < -0.4 is 0 Å². The molecule has 0 aromatic heterocycles. The molecule has 7 nitrogen and oxygen atoms in total. The van der Waals surface area contributed by atoms with E-state index in [1.165, 1.54) is 6.07 Å². The van der Waals surface area contributed by atoms with E-state index in [1.54, 1.807) is 12.1 Å². The lowest BCUT2D eigenvalue weighted by Crippen LogP contribution is -2.15. The molecule has 2 aromatic rings. The van der Waals surface area contributed by atoms with Gasteiger partial charge in [-0.1, -0.05) is 43.7 Å². The van der Waals surface area contributed by atoms with Crippen molar-refractivity contribution in [1.82, 2.24) is 0 Å². The largest absolute Gasteiger partial charge is 0.462 e. The Morgan fingerprint density at radius 2 is 1.69 bits per heavy atom. The lowest BCUT2D eigenvalue weighted by atomic mass is 10.1. The molecule has 0 aliphatic heterocycles. The highest BCUT2D eigenvalue weighted by atomic mass is 16.6. The first-order valence-corrected chi connectivity index (χ1v) is 8.19. The minimum absolute atomic E-state index is 0.0288. The number of nitrogens with zero attached hydrogens (tertiary/aromatic N) is 1. The van der Waals surface area contributed by atoms with Gasteiger partial charge in [-0.15, -0.1) is 0 Å². The van der Waals surface area contributed by atoms with Crippen LogP contribution in [-0.4, -0.2) is 23.5 Å². The number of esters is 2. The molecule has 0 heterocycles. The number of unbranched alkanes of at least 4 members (excludes halogenated alkanes) is 1. The summed E-state index contributed by atoms with van der Waals surface area (Å²) >= 11 is 0. The molecule has 0 aliphatic carbocycles. The Morgan fingerprint density at radius 3 is 2.35 bits per heavy atom. The van der Waals surface area contributed by atoms with Crippen molar-refractivity contribution in [2.75, 3.05) is 6.61 Å². The van der Waals surface area contributed by atoms with E-state index in [1.807, 2.05) is 25.1 Å². The number of hydrogen-bond acceptors (Lipinski definition) is 6. The van der Waals surface area contributed by atoms with Gasteiger partial charge in [-0.05, 0) is 18.1 Å². The summed E-state index contributed by atoms with van der Waals surface area (Å²) in [6.07, 6.45) is 1.49. The van der Waals surface area contributed by atoms with Gasteiger partial charge in [0.05, 0.1) is 22.7 Å². The molecule has 136 valence electrons. The fraction of sp³-hybridized carbons (Fsp3) is 0.263. The smallest absolute Gasteiger partial charge is 0.339 e. The van der Waals surface area contributed by atoms with Gasteiger partial charge in [0.15, 0.2) is 0 Å². The number of non-ortho nitro benzene ring substituents is 1. The zero-order chi connectivity index (χ0) is 18.9. The van der Waals surface area contributed by atoms with Crippen molar-refractivity contribution in [3.63, 3.8) is 0 Å². The maximum absolute atomic E-state index is 12.4. The topological polar surface area (TPSA) is 95.7 Å². The summed E-state index contributed by atoms with van der Waals surface area (Å²) in [5, 5.41) is 11.0. The van der Waals surface area contributed by atoms with E-state index in [9.17, 15) is 19.7 Å². The van der Waals surface area contributed by atoms with Crippen LogP contribution in [0.2, 0.25) is 0 Å². The molecule has 0 unspecified atom stereocenters. The van der Waals surface area contributed by atoms with Gasteiger partial charge in [0, 0.05) is 12.1 Å². The average Bonchev–Trinajstić information content (AvgIpc) is 2.66. The summed E-state index contributed by atoms with van der Waals surface area (Å²) in [6.45, 7) is 2.14. The minimum atomic E-state index is -0.784. The van der Waals surface area contributed by atoms with E-state index in [4.69, 9.17) is 9.47 Å². The van der Waals surface area contributed by atoms with Gasteiger partial charge in [-0.2, -0.15) is 0 Å². The Hall–Kier alpha value is -3.22. The predicted molar refractivity (Wildman–Crippen MR) is 93.8 cm³/mol. The van der Waals surface area contributed by atoms with Gasteiger partial charge in [0.1, 0.15) is 6.61 Å². The molecule has 26 heavy (non-hydrogen) atoms. The number of nitro groups is 1. The second-order valence-electron chi connectivity index (χ2n) is 5.54. The van der Waals surface area contributed by atoms with Crippen LogP contribution in [0.5, 0.6) is 0 Å². The van der Waals surface area contributed by atoms with Crippen LogP contribution in [-0.2, 0) is 16.1 Å². The van der Waals surface area contributed by atoms with Crippen LogP contribution in [0.3, 0.4) is 0 Å². The fourth-order valence-corrected chi connectivity index (χ4v) is 2.18. The van der Waals surface area contributed by atoms with Crippen LogP contribution in [0, 0.1) is 10.1 Å². The number of nitro benzene ring substituents is 1. The maximum atomic E-state index is 12.4. The molecular formula is C19H19NO6. The lowest BCUT2D eigenvalue weighted by Gasteiger charge is -2.10. The molecule has 0 fully saturated rings. The van der Waals surface area contributed by atoms with Crippen LogP contribution in [0.4, 0.5) is 5.69 Å². The van der Waals surface area contributed by atoms with E-state index in [0.717, 1.165) is 24.1 Å². The Kier molecular flexibility index (Phi) is 6.84. The molecule has 0 saturated heterocycles. The summed E-state index contributed by atoms with van der Waals surface area (Å²) in [5.41, 5.74) is 0.253. The quantitative estimate of drug-likeness (QED) is 0.308. The van der Waals surface area contributed by atoms with Crippen molar-refractivity contribution in [2.45, 2.75) is 26.4 Å². The summed E-state index contributed by atoms with van der Waals surface area (Å²) in [6, 6.07) is 12.5. The molecule has 2 rings (SSSR count). The zero-order valence-electron chi connectivity index (χ0n) is 14.3. The van der Waals surface area contributed by atoms with Crippen LogP contribution in [0.1, 0.15) is 46.0 Å². The molecule has 7 heteroatoms. The molecule has 0 N–H and O–H groups in total. The number of rotatable bonds is 8. The summed E-state index contributed by atoms with van der Waals surface area (Å²) in [5.74, 6) is -1.53.